The van der Waals surface area contributed by atoms with Gasteiger partial charge in [-0.1, -0.05) is 0 Å². The Bertz CT molecular complexity index is 650. The maximum atomic E-state index is 13.5. The topological polar surface area (TPSA) is 64.3 Å². The van der Waals surface area contributed by atoms with E-state index in [1.807, 2.05) is 0 Å². The van der Waals surface area contributed by atoms with Crippen LogP contribution in [0.4, 0.5) is 4.39 Å². The van der Waals surface area contributed by atoms with Gasteiger partial charge in [0.15, 0.2) is 5.69 Å². The number of hydrogen-bond donors (Lipinski definition) is 1. The summed E-state index contributed by atoms with van der Waals surface area (Å²) in [4.78, 5) is 10.9. The van der Waals surface area contributed by atoms with Gasteiger partial charge < -0.3 is 9.84 Å². The molecule has 0 amide bonds. The van der Waals surface area contributed by atoms with E-state index < -0.39 is 5.97 Å². The summed E-state index contributed by atoms with van der Waals surface area (Å²) in [5.41, 5.74) is 1.54. The molecule has 2 rings (SSSR count). The van der Waals surface area contributed by atoms with E-state index in [0.717, 1.165) is 0 Å². The van der Waals surface area contributed by atoms with Crippen LogP contribution in [0.5, 0.6) is 5.75 Å². The van der Waals surface area contributed by atoms with Crippen LogP contribution >= 0.6 is 0 Å². The number of hydrogen-bond acceptors (Lipinski definition) is 3. The van der Waals surface area contributed by atoms with E-state index in [-0.39, 0.29) is 11.5 Å². The number of carboxylic acid groups (broad SMARTS) is 1. The van der Waals surface area contributed by atoms with E-state index in [9.17, 15) is 9.18 Å². The molecule has 0 aliphatic carbocycles. The zero-order valence-corrected chi connectivity index (χ0v) is 10.8. The summed E-state index contributed by atoms with van der Waals surface area (Å²) < 4.78 is 20.1. The van der Waals surface area contributed by atoms with E-state index in [4.69, 9.17) is 9.84 Å². The van der Waals surface area contributed by atoms with Crippen molar-refractivity contribution in [1.29, 1.82) is 0 Å². The van der Waals surface area contributed by atoms with Crippen LogP contribution in [0, 0.1) is 12.7 Å². The van der Waals surface area contributed by atoms with Crippen LogP contribution < -0.4 is 4.74 Å². The minimum Gasteiger partial charge on any atom is -0.496 e. The maximum Gasteiger partial charge on any atom is 0.356 e. The van der Waals surface area contributed by atoms with Gasteiger partial charge in [-0.3, -0.25) is 4.68 Å². The lowest BCUT2D eigenvalue weighted by molar-refractivity contribution is 0.0689. The Morgan fingerprint density at radius 3 is 2.63 bits per heavy atom. The molecule has 1 aromatic heterocycles. The Morgan fingerprint density at radius 2 is 2.11 bits per heavy atom. The number of aryl methyl sites for hydroxylation is 2. The highest BCUT2D eigenvalue weighted by atomic mass is 19.1. The van der Waals surface area contributed by atoms with Crippen LogP contribution in [0.15, 0.2) is 18.2 Å². The van der Waals surface area contributed by atoms with Gasteiger partial charge in [0.1, 0.15) is 11.6 Å². The third-order valence-corrected chi connectivity index (χ3v) is 2.86. The third kappa shape index (κ3) is 2.29. The minimum absolute atomic E-state index is 0.0680. The molecule has 19 heavy (non-hydrogen) atoms. The number of benzene rings is 1. The molecule has 1 heterocycles. The molecule has 5 nitrogen and oxygen atoms in total. The Balaban J connectivity index is 2.64. The fraction of sp³-hybridized carbons (Fsp3) is 0.231. The van der Waals surface area contributed by atoms with E-state index >= 15 is 0 Å². The number of halogens is 1. The van der Waals surface area contributed by atoms with Gasteiger partial charge in [-0.2, -0.15) is 5.10 Å². The molecule has 1 N–H and O–H groups in total. The number of aromatic nitrogens is 2. The fourth-order valence-corrected chi connectivity index (χ4v) is 1.86. The molecular formula is C13H13FN2O3. The molecule has 0 atom stereocenters. The first-order valence-electron chi connectivity index (χ1n) is 5.56. The van der Waals surface area contributed by atoms with E-state index in [2.05, 4.69) is 5.10 Å². The normalized spacial score (nSPS) is 10.5. The number of rotatable bonds is 3. The van der Waals surface area contributed by atoms with Crippen molar-refractivity contribution in [3.8, 4) is 17.0 Å². The monoisotopic (exact) mass is 264 g/mol. The molecule has 0 saturated heterocycles. The number of nitrogens with zero attached hydrogens (tertiary/aromatic N) is 2. The molecule has 0 unspecified atom stereocenters. The van der Waals surface area contributed by atoms with Crippen molar-refractivity contribution in [2.75, 3.05) is 7.11 Å². The Labute approximate surface area is 109 Å². The molecule has 0 fully saturated rings. The lowest BCUT2D eigenvalue weighted by Gasteiger charge is -2.10. The highest BCUT2D eigenvalue weighted by Crippen LogP contribution is 2.32. The standard InChI is InChI=1S/C13H13FN2O3/c1-7-4-8(12(19-3)5-9(7)14)11-6-10(13(17)18)15-16(11)2/h4-6H,1-3H3,(H,17,18). The van der Waals surface area contributed by atoms with Crippen molar-refractivity contribution in [2.24, 2.45) is 7.05 Å². The molecule has 0 radical (unpaired) electrons. The van der Waals surface area contributed by atoms with Crippen LogP contribution in [0.25, 0.3) is 11.3 Å². The summed E-state index contributed by atoms with van der Waals surface area (Å²) in [6.07, 6.45) is 0. The van der Waals surface area contributed by atoms with Gasteiger partial charge in [-0.15, -0.1) is 0 Å². The third-order valence-electron chi connectivity index (χ3n) is 2.86. The number of methoxy groups -OCH3 is 1. The quantitative estimate of drug-likeness (QED) is 0.923. The molecule has 1 aromatic carbocycles. The first-order chi connectivity index (χ1) is 8.93. The van der Waals surface area contributed by atoms with Crippen LogP contribution in [0.3, 0.4) is 0 Å². The Kier molecular flexibility index (Phi) is 3.25. The second kappa shape index (κ2) is 4.72. The smallest absolute Gasteiger partial charge is 0.356 e. The summed E-state index contributed by atoms with van der Waals surface area (Å²) in [7, 11) is 3.06. The second-order valence-electron chi connectivity index (χ2n) is 4.15. The molecular weight excluding hydrogens is 251 g/mol. The molecule has 6 heteroatoms. The van der Waals surface area contributed by atoms with Gasteiger partial charge in [-0.25, -0.2) is 9.18 Å². The van der Waals surface area contributed by atoms with Crippen molar-refractivity contribution >= 4 is 5.97 Å². The summed E-state index contributed by atoms with van der Waals surface area (Å²) in [6, 6.07) is 4.31. The van der Waals surface area contributed by atoms with Gasteiger partial charge in [0, 0.05) is 18.7 Å². The van der Waals surface area contributed by atoms with Crippen LogP contribution in [-0.4, -0.2) is 28.0 Å². The van der Waals surface area contributed by atoms with Gasteiger partial charge in [0.05, 0.1) is 12.8 Å². The highest BCUT2D eigenvalue weighted by Gasteiger charge is 2.17. The van der Waals surface area contributed by atoms with Crippen molar-refractivity contribution in [1.82, 2.24) is 9.78 Å². The van der Waals surface area contributed by atoms with Crippen molar-refractivity contribution in [3.63, 3.8) is 0 Å². The zero-order valence-electron chi connectivity index (χ0n) is 10.8. The fourth-order valence-electron chi connectivity index (χ4n) is 1.86. The molecule has 0 aliphatic heterocycles. The van der Waals surface area contributed by atoms with Crippen LogP contribution in [0.2, 0.25) is 0 Å². The Morgan fingerprint density at radius 1 is 1.42 bits per heavy atom. The summed E-state index contributed by atoms with van der Waals surface area (Å²) in [6.45, 7) is 1.63. The first kappa shape index (κ1) is 13.1. The largest absolute Gasteiger partial charge is 0.496 e. The number of carbonyl (C=O) groups is 1. The molecule has 0 saturated carbocycles. The number of ether oxygens (including phenoxy) is 1. The van der Waals surface area contributed by atoms with Gasteiger partial charge in [0.2, 0.25) is 0 Å². The average Bonchev–Trinajstić information content (AvgIpc) is 2.74. The molecule has 2 aromatic rings. The van der Waals surface area contributed by atoms with Gasteiger partial charge in [0.25, 0.3) is 0 Å². The number of aromatic carboxylic acids is 1. The highest BCUT2D eigenvalue weighted by molar-refractivity contribution is 5.87. The molecule has 0 bridgehead atoms. The van der Waals surface area contributed by atoms with Gasteiger partial charge >= 0.3 is 5.97 Å². The average molecular weight is 264 g/mol. The molecule has 0 aliphatic rings. The second-order valence-corrected chi connectivity index (χ2v) is 4.15. The predicted octanol–water partition coefficient (Wildman–Crippen LogP) is 2.24. The van der Waals surface area contributed by atoms with E-state index in [1.165, 1.54) is 23.9 Å². The maximum absolute atomic E-state index is 13.5. The van der Waals surface area contributed by atoms with Crippen molar-refractivity contribution in [3.05, 3.63) is 35.3 Å². The van der Waals surface area contributed by atoms with E-state index in [0.29, 0.717) is 22.6 Å². The predicted molar refractivity (Wildman–Crippen MR) is 66.9 cm³/mol. The Hall–Kier alpha value is -2.37. The van der Waals surface area contributed by atoms with E-state index in [1.54, 1.807) is 20.0 Å². The SMILES string of the molecule is COc1cc(F)c(C)cc1-c1cc(C(=O)O)nn1C. The summed E-state index contributed by atoms with van der Waals surface area (Å²) in [5, 5.41) is 12.8. The lowest BCUT2D eigenvalue weighted by atomic mass is 10.1. The van der Waals surface area contributed by atoms with Crippen LogP contribution in [0.1, 0.15) is 16.1 Å². The lowest BCUT2D eigenvalue weighted by Crippen LogP contribution is -2.00. The van der Waals surface area contributed by atoms with Crippen molar-refractivity contribution < 1.29 is 19.0 Å². The first-order valence-corrected chi connectivity index (χ1v) is 5.56. The van der Waals surface area contributed by atoms with Crippen LogP contribution in [-0.2, 0) is 7.05 Å². The summed E-state index contributed by atoms with van der Waals surface area (Å²) >= 11 is 0. The molecule has 0 spiro atoms. The van der Waals surface area contributed by atoms with Gasteiger partial charge in [-0.05, 0) is 24.6 Å². The molecule has 100 valence electrons. The summed E-state index contributed by atoms with van der Waals surface area (Å²) in [5.74, 6) is -1.15. The number of carboxylic acids is 1. The van der Waals surface area contributed by atoms with Crippen molar-refractivity contribution in [2.45, 2.75) is 6.92 Å². The zero-order chi connectivity index (χ0) is 14.2. The minimum atomic E-state index is -1.11.